The van der Waals surface area contributed by atoms with Crippen LogP contribution in [-0.4, -0.2) is 23.1 Å². The largest absolute Gasteiger partial charge is 0.496 e. The van der Waals surface area contributed by atoms with Gasteiger partial charge in [0, 0.05) is 0 Å². The number of carboxylic acids is 1. The molecule has 0 aliphatic rings. The Morgan fingerprint density at radius 1 is 1.62 bits per heavy atom. The van der Waals surface area contributed by atoms with Crippen molar-refractivity contribution >= 4 is 23.3 Å². The van der Waals surface area contributed by atoms with Crippen molar-refractivity contribution in [2.45, 2.75) is 6.42 Å². The number of nitro groups is 1. The zero-order valence-corrected chi connectivity index (χ0v) is 9.02. The molecule has 0 radical (unpaired) electrons. The van der Waals surface area contributed by atoms with Crippen molar-refractivity contribution in [3.8, 4) is 5.75 Å². The first kappa shape index (κ1) is 12.3. The Balaban J connectivity index is 3.42. The van der Waals surface area contributed by atoms with Gasteiger partial charge in [0.2, 0.25) is 0 Å². The second-order valence-electron chi connectivity index (χ2n) is 2.90. The fourth-order valence-electron chi connectivity index (χ4n) is 1.30. The van der Waals surface area contributed by atoms with Gasteiger partial charge < -0.3 is 9.84 Å². The molecule has 0 amide bonds. The number of hydrogen-bond acceptors (Lipinski definition) is 4. The summed E-state index contributed by atoms with van der Waals surface area (Å²) in [6.07, 6.45) is -0.514. The highest BCUT2D eigenvalue weighted by atomic mass is 35.5. The average Bonchev–Trinajstić information content (AvgIpc) is 2.16. The van der Waals surface area contributed by atoms with Crippen LogP contribution in [0.5, 0.6) is 5.75 Å². The molecule has 0 aliphatic carbocycles. The molecule has 0 aliphatic heterocycles. The van der Waals surface area contributed by atoms with Gasteiger partial charge in [-0.25, -0.2) is 0 Å². The zero-order valence-electron chi connectivity index (χ0n) is 8.27. The molecule has 1 aromatic rings. The van der Waals surface area contributed by atoms with Gasteiger partial charge in [-0.05, 0) is 12.1 Å². The molecule has 1 aromatic carbocycles. The third kappa shape index (κ3) is 2.40. The number of halogens is 1. The first-order valence-electron chi connectivity index (χ1n) is 4.19. The highest BCUT2D eigenvalue weighted by molar-refractivity contribution is 6.32. The molecule has 1 rings (SSSR count). The monoisotopic (exact) mass is 245 g/mol. The Morgan fingerprint density at radius 2 is 2.25 bits per heavy atom. The van der Waals surface area contributed by atoms with Gasteiger partial charge in [0.05, 0.1) is 24.0 Å². The third-order valence-corrected chi connectivity index (χ3v) is 2.23. The number of hydrogen-bond donors (Lipinski definition) is 1. The summed E-state index contributed by atoms with van der Waals surface area (Å²) in [7, 11) is 1.30. The molecule has 0 bridgehead atoms. The summed E-state index contributed by atoms with van der Waals surface area (Å²) in [6, 6.07) is 2.69. The lowest BCUT2D eigenvalue weighted by molar-refractivity contribution is -0.385. The second kappa shape index (κ2) is 4.80. The molecule has 86 valence electrons. The fourth-order valence-corrected chi connectivity index (χ4v) is 1.55. The number of carbonyl (C=O) groups is 1. The van der Waals surface area contributed by atoms with Crippen molar-refractivity contribution < 1.29 is 19.6 Å². The number of nitro benzene ring substituents is 1. The molecule has 0 saturated heterocycles. The van der Waals surface area contributed by atoms with Crippen LogP contribution in [0.15, 0.2) is 12.1 Å². The minimum Gasteiger partial charge on any atom is -0.496 e. The van der Waals surface area contributed by atoms with Crippen LogP contribution in [0.1, 0.15) is 5.56 Å². The van der Waals surface area contributed by atoms with Crippen LogP contribution in [0.2, 0.25) is 5.02 Å². The zero-order chi connectivity index (χ0) is 12.3. The standard InChI is InChI=1S/C9H8ClNO5/c1-16-7-3-2-6(10)9(11(14)15)5(7)4-8(12)13/h2-3H,4H2,1H3,(H,12,13). The van der Waals surface area contributed by atoms with E-state index in [0.717, 1.165) is 0 Å². The Kier molecular flexibility index (Phi) is 3.68. The highest BCUT2D eigenvalue weighted by Gasteiger charge is 2.24. The van der Waals surface area contributed by atoms with Crippen LogP contribution in [0.4, 0.5) is 5.69 Å². The lowest BCUT2D eigenvalue weighted by Crippen LogP contribution is -2.06. The molecular weight excluding hydrogens is 238 g/mol. The van der Waals surface area contributed by atoms with Gasteiger partial charge in [0.15, 0.2) is 0 Å². The molecule has 0 spiro atoms. The van der Waals surface area contributed by atoms with Crippen LogP contribution >= 0.6 is 11.6 Å². The minimum atomic E-state index is -1.19. The highest BCUT2D eigenvalue weighted by Crippen LogP contribution is 2.35. The summed E-state index contributed by atoms with van der Waals surface area (Å²) >= 11 is 5.65. The summed E-state index contributed by atoms with van der Waals surface area (Å²) in [5, 5.41) is 19.3. The fraction of sp³-hybridized carbons (Fsp3) is 0.222. The first-order valence-corrected chi connectivity index (χ1v) is 4.56. The molecule has 0 fully saturated rings. The molecule has 16 heavy (non-hydrogen) atoms. The van der Waals surface area contributed by atoms with E-state index in [0.29, 0.717) is 0 Å². The van der Waals surface area contributed by atoms with E-state index in [2.05, 4.69) is 0 Å². The molecule has 0 saturated carbocycles. The van der Waals surface area contributed by atoms with Gasteiger partial charge in [-0.1, -0.05) is 11.6 Å². The van der Waals surface area contributed by atoms with Crippen LogP contribution in [0.25, 0.3) is 0 Å². The van der Waals surface area contributed by atoms with E-state index in [1.54, 1.807) is 0 Å². The van der Waals surface area contributed by atoms with Crippen molar-refractivity contribution in [1.82, 2.24) is 0 Å². The van der Waals surface area contributed by atoms with Crippen molar-refractivity contribution in [1.29, 1.82) is 0 Å². The molecule has 7 heteroatoms. The van der Waals surface area contributed by atoms with E-state index < -0.39 is 23.0 Å². The van der Waals surface area contributed by atoms with Crippen LogP contribution < -0.4 is 4.74 Å². The number of carboxylic acid groups (broad SMARTS) is 1. The third-order valence-electron chi connectivity index (χ3n) is 1.92. The summed E-state index contributed by atoms with van der Waals surface area (Å²) in [5.74, 6) is -1.05. The van der Waals surface area contributed by atoms with E-state index in [9.17, 15) is 14.9 Å². The molecule has 0 atom stereocenters. The number of methoxy groups -OCH3 is 1. The van der Waals surface area contributed by atoms with Gasteiger partial charge in [-0.15, -0.1) is 0 Å². The molecule has 0 heterocycles. The van der Waals surface area contributed by atoms with Crippen LogP contribution in [-0.2, 0) is 11.2 Å². The summed E-state index contributed by atoms with van der Waals surface area (Å²) in [5.41, 5.74) is -0.462. The van der Waals surface area contributed by atoms with E-state index in [4.69, 9.17) is 21.4 Å². The van der Waals surface area contributed by atoms with Crippen molar-refractivity contribution in [2.75, 3.05) is 7.11 Å². The van der Waals surface area contributed by atoms with E-state index in [1.807, 2.05) is 0 Å². The van der Waals surface area contributed by atoms with E-state index >= 15 is 0 Å². The molecule has 1 N–H and O–H groups in total. The van der Waals surface area contributed by atoms with Gasteiger partial charge in [-0.3, -0.25) is 14.9 Å². The van der Waals surface area contributed by atoms with Gasteiger partial charge >= 0.3 is 5.97 Å². The molecular formula is C9H8ClNO5. The van der Waals surface area contributed by atoms with Gasteiger partial charge in [-0.2, -0.15) is 0 Å². The summed E-state index contributed by atoms with van der Waals surface area (Å²) in [4.78, 5) is 20.6. The summed E-state index contributed by atoms with van der Waals surface area (Å²) < 4.78 is 4.87. The number of nitrogens with zero attached hydrogens (tertiary/aromatic N) is 1. The SMILES string of the molecule is COc1ccc(Cl)c([N+](=O)[O-])c1CC(=O)O. The molecule has 0 aromatic heterocycles. The van der Waals surface area contributed by atoms with Gasteiger partial charge in [0.25, 0.3) is 5.69 Å². The summed E-state index contributed by atoms with van der Waals surface area (Å²) in [6.45, 7) is 0. The topological polar surface area (TPSA) is 89.7 Å². The second-order valence-corrected chi connectivity index (χ2v) is 3.31. The predicted molar refractivity (Wildman–Crippen MR) is 56.0 cm³/mol. The Bertz CT molecular complexity index is 446. The first-order chi connectivity index (χ1) is 7.47. The predicted octanol–water partition coefficient (Wildman–Crippen LogP) is 1.88. The van der Waals surface area contributed by atoms with Crippen molar-refractivity contribution in [2.24, 2.45) is 0 Å². The van der Waals surface area contributed by atoms with Crippen molar-refractivity contribution in [3.63, 3.8) is 0 Å². The van der Waals surface area contributed by atoms with E-state index in [1.165, 1.54) is 19.2 Å². The maximum Gasteiger partial charge on any atom is 0.308 e. The van der Waals surface area contributed by atoms with E-state index in [-0.39, 0.29) is 16.3 Å². The van der Waals surface area contributed by atoms with Crippen molar-refractivity contribution in [3.05, 3.63) is 32.8 Å². The van der Waals surface area contributed by atoms with Crippen LogP contribution in [0, 0.1) is 10.1 Å². The lowest BCUT2D eigenvalue weighted by atomic mass is 10.1. The Labute approximate surface area is 95.6 Å². The molecule has 6 nitrogen and oxygen atoms in total. The maximum atomic E-state index is 10.8. The maximum absolute atomic E-state index is 10.8. The van der Waals surface area contributed by atoms with Crippen LogP contribution in [0.3, 0.4) is 0 Å². The number of benzene rings is 1. The quantitative estimate of drug-likeness (QED) is 0.646. The Morgan fingerprint density at radius 3 is 2.69 bits per heavy atom. The molecule has 0 unspecified atom stereocenters. The van der Waals surface area contributed by atoms with Gasteiger partial charge in [0.1, 0.15) is 10.8 Å². The smallest absolute Gasteiger partial charge is 0.308 e. The minimum absolute atomic E-state index is 0.0347. The average molecular weight is 246 g/mol. The number of rotatable bonds is 4. The number of ether oxygens (including phenoxy) is 1. The number of aliphatic carboxylic acids is 1. The normalized spacial score (nSPS) is 9.88. The lowest BCUT2D eigenvalue weighted by Gasteiger charge is -2.07. The Hall–Kier alpha value is -1.82.